The van der Waals surface area contributed by atoms with Crippen LogP contribution >= 0.6 is 0 Å². The number of rotatable bonds is 8. The van der Waals surface area contributed by atoms with Gasteiger partial charge >= 0.3 is 0 Å². The zero-order valence-electron chi connectivity index (χ0n) is 18.6. The van der Waals surface area contributed by atoms with Gasteiger partial charge in [0.15, 0.2) is 17.3 Å². The molecule has 1 aliphatic rings. The predicted octanol–water partition coefficient (Wildman–Crippen LogP) is 4.27. The highest BCUT2D eigenvalue weighted by molar-refractivity contribution is 5.95. The molecule has 0 aliphatic carbocycles. The van der Waals surface area contributed by atoms with Crippen LogP contribution in [0, 0.1) is 0 Å². The van der Waals surface area contributed by atoms with Crippen LogP contribution in [0.4, 0.5) is 5.82 Å². The molecule has 2 aromatic carbocycles. The summed E-state index contributed by atoms with van der Waals surface area (Å²) >= 11 is 0. The van der Waals surface area contributed by atoms with Gasteiger partial charge in [0.2, 0.25) is 0 Å². The summed E-state index contributed by atoms with van der Waals surface area (Å²) in [5.74, 6) is 2.05. The van der Waals surface area contributed by atoms with Crippen molar-refractivity contribution in [3.63, 3.8) is 0 Å². The number of piperidine rings is 1. The molecule has 1 saturated heterocycles. The first-order valence-electron chi connectivity index (χ1n) is 11.2. The lowest BCUT2D eigenvalue weighted by Crippen LogP contribution is -2.48. The molecule has 0 spiro atoms. The Bertz CT molecular complexity index is 1030. The van der Waals surface area contributed by atoms with E-state index in [-0.39, 0.29) is 11.9 Å². The van der Waals surface area contributed by atoms with E-state index in [0.717, 1.165) is 43.0 Å². The number of hydrogen-bond donors (Lipinski definition) is 2. The number of aromatic amines is 1. The van der Waals surface area contributed by atoms with Gasteiger partial charge < -0.3 is 19.7 Å². The molecule has 1 aliphatic heterocycles. The molecule has 1 amide bonds. The summed E-state index contributed by atoms with van der Waals surface area (Å²) in [5, 5.41) is 10.8. The SMILES string of the molecule is CCOc1ccc(C(=O)NC2CCCN(c3cc(-c4ccccc4)[nH]n3)C2)cc1OCC. The Kier molecular flexibility index (Phi) is 6.94. The van der Waals surface area contributed by atoms with Crippen LogP contribution in [0.15, 0.2) is 54.6 Å². The second-order valence-corrected chi connectivity index (χ2v) is 7.79. The van der Waals surface area contributed by atoms with Crippen LogP contribution in [0.5, 0.6) is 11.5 Å². The zero-order valence-corrected chi connectivity index (χ0v) is 18.6. The molecule has 4 rings (SSSR count). The van der Waals surface area contributed by atoms with Crippen LogP contribution in [-0.4, -0.2) is 48.4 Å². The van der Waals surface area contributed by atoms with E-state index in [1.54, 1.807) is 18.2 Å². The molecule has 7 heteroatoms. The highest BCUT2D eigenvalue weighted by Crippen LogP contribution is 2.29. The largest absolute Gasteiger partial charge is 0.490 e. The van der Waals surface area contributed by atoms with Crippen LogP contribution in [0.1, 0.15) is 37.0 Å². The standard InChI is InChI=1S/C25H30N4O3/c1-3-31-22-13-12-19(15-23(22)32-4-2)25(30)26-20-11-8-14-29(17-20)24-16-21(27-28-24)18-9-6-5-7-10-18/h5-7,9-10,12-13,15-16,20H,3-4,8,11,14,17H2,1-2H3,(H,26,30)(H,27,28). The van der Waals surface area contributed by atoms with Crippen molar-refractivity contribution in [2.24, 2.45) is 0 Å². The van der Waals surface area contributed by atoms with E-state index in [9.17, 15) is 4.79 Å². The maximum Gasteiger partial charge on any atom is 0.251 e. The molecule has 2 heterocycles. The summed E-state index contributed by atoms with van der Waals surface area (Å²) in [6.07, 6.45) is 1.93. The summed E-state index contributed by atoms with van der Waals surface area (Å²) < 4.78 is 11.3. The number of nitrogens with one attached hydrogen (secondary N) is 2. The summed E-state index contributed by atoms with van der Waals surface area (Å²) in [6, 6.07) is 17.6. The van der Waals surface area contributed by atoms with Gasteiger partial charge in [-0.3, -0.25) is 9.89 Å². The molecule has 3 aromatic rings. The number of hydrogen-bond acceptors (Lipinski definition) is 5. The Labute approximate surface area is 188 Å². The van der Waals surface area contributed by atoms with E-state index in [1.165, 1.54) is 0 Å². The van der Waals surface area contributed by atoms with Gasteiger partial charge in [-0.05, 0) is 50.5 Å². The van der Waals surface area contributed by atoms with Crippen molar-refractivity contribution in [2.75, 3.05) is 31.2 Å². The van der Waals surface area contributed by atoms with Crippen molar-refractivity contribution in [3.8, 4) is 22.8 Å². The third kappa shape index (κ3) is 5.04. The van der Waals surface area contributed by atoms with Gasteiger partial charge in [0.25, 0.3) is 5.91 Å². The summed E-state index contributed by atoms with van der Waals surface area (Å²) in [7, 11) is 0. The number of benzene rings is 2. The average molecular weight is 435 g/mol. The van der Waals surface area contributed by atoms with Gasteiger partial charge in [-0.15, -0.1) is 0 Å². The highest BCUT2D eigenvalue weighted by atomic mass is 16.5. The molecule has 32 heavy (non-hydrogen) atoms. The van der Waals surface area contributed by atoms with Gasteiger partial charge in [0.1, 0.15) is 0 Å². The number of H-pyrrole nitrogens is 1. The Morgan fingerprint density at radius 3 is 2.66 bits per heavy atom. The van der Waals surface area contributed by atoms with Crippen LogP contribution in [0.2, 0.25) is 0 Å². The van der Waals surface area contributed by atoms with E-state index < -0.39 is 0 Å². The summed E-state index contributed by atoms with van der Waals surface area (Å²) in [6.45, 7) is 6.54. The Morgan fingerprint density at radius 2 is 1.88 bits per heavy atom. The second-order valence-electron chi connectivity index (χ2n) is 7.79. The lowest BCUT2D eigenvalue weighted by Gasteiger charge is -2.33. The van der Waals surface area contributed by atoms with E-state index in [2.05, 4.69) is 38.6 Å². The minimum Gasteiger partial charge on any atom is -0.490 e. The van der Waals surface area contributed by atoms with Gasteiger partial charge in [0.05, 0.1) is 18.9 Å². The minimum absolute atomic E-state index is 0.0511. The minimum atomic E-state index is -0.104. The number of ether oxygens (including phenoxy) is 2. The zero-order chi connectivity index (χ0) is 22.3. The number of anilines is 1. The van der Waals surface area contributed by atoms with E-state index >= 15 is 0 Å². The average Bonchev–Trinajstić information content (AvgIpc) is 3.32. The molecular weight excluding hydrogens is 404 g/mol. The fraction of sp³-hybridized carbons (Fsp3) is 0.360. The van der Waals surface area contributed by atoms with Crippen molar-refractivity contribution in [2.45, 2.75) is 32.7 Å². The molecular formula is C25H30N4O3. The summed E-state index contributed by atoms with van der Waals surface area (Å²) in [4.78, 5) is 15.1. The van der Waals surface area contributed by atoms with Gasteiger partial charge in [-0.2, -0.15) is 5.10 Å². The Balaban J connectivity index is 1.41. The van der Waals surface area contributed by atoms with Gasteiger partial charge in [-0.25, -0.2) is 0 Å². The lowest BCUT2D eigenvalue weighted by atomic mass is 10.0. The predicted molar refractivity (Wildman–Crippen MR) is 126 cm³/mol. The first kappa shape index (κ1) is 21.7. The number of nitrogens with zero attached hydrogens (tertiary/aromatic N) is 2. The molecule has 7 nitrogen and oxygen atoms in total. The molecule has 1 atom stereocenters. The number of carbonyl (C=O) groups is 1. The molecule has 0 saturated carbocycles. The van der Waals surface area contributed by atoms with E-state index in [1.807, 2.05) is 32.0 Å². The van der Waals surface area contributed by atoms with Gasteiger partial charge in [0, 0.05) is 30.8 Å². The molecule has 1 fully saturated rings. The summed E-state index contributed by atoms with van der Waals surface area (Å²) in [5.41, 5.74) is 2.67. The molecule has 1 unspecified atom stereocenters. The van der Waals surface area contributed by atoms with Crippen LogP contribution in [-0.2, 0) is 0 Å². The monoisotopic (exact) mass is 434 g/mol. The molecule has 0 bridgehead atoms. The van der Waals surface area contributed by atoms with Crippen molar-refractivity contribution >= 4 is 11.7 Å². The Hall–Kier alpha value is -3.48. The second kappa shape index (κ2) is 10.2. The van der Waals surface area contributed by atoms with Crippen LogP contribution in [0.3, 0.4) is 0 Å². The van der Waals surface area contributed by atoms with Crippen molar-refractivity contribution < 1.29 is 14.3 Å². The van der Waals surface area contributed by atoms with E-state index in [4.69, 9.17) is 9.47 Å². The smallest absolute Gasteiger partial charge is 0.251 e. The van der Waals surface area contributed by atoms with Gasteiger partial charge in [-0.1, -0.05) is 30.3 Å². The third-order valence-corrected chi connectivity index (χ3v) is 5.54. The highest BCUT2D eigenvalue weighted by Gasteiger charge is 2.24. The fourth-order valence-corrected chi connectivity index (χ4v) is 4.00. The van der Waals surface area contributed by atoms with Crippen LogP contribution in [0.25, 0.3) is 11.3 Å². The Morgan fingerprint density at radius 1 is 1.09 bits per heavy atom. The van der Waals surface area contributed by atoms with Crippen LogP contribution < -0.4 is 19.7 Å². The maximum absolute atomic E-state index is 12.9. The van der Waals surface area contributed by atoms with Crippen molar-refractivity contribution in [3.05, 3.63) is 60.2 Å². The van der Waals surface area contributed by atoms with Crippen molar-refractivity contribution in [1.82, 2.24) is 15.5 Å². The molecule has 1 aromatic heterocycles. The number of aromatic nitrogens is 2. The molecule has 2 N–H and O–H groups in total. The maximum atomic E-state index is 12.9. The first-order valence-corrected chi connectivity index (χ1v) is 11.2. The number of amides is 1. The quantitative estimate of drug-likeness (QED) is 0.553. The molecule has 168 valence electrons. The van der Waals surface area contributed by atoms with Crippen molar-refractivity contribution in [1.29, 1.82) is 0 Å². The topological polar surface area (TPSA) is 79.5 Å². The van der Waals surface area contributed by atoms with E-state index in [0.29, 0.717) is 30.3 Å². The molecule has 0 radical (unpaired) electrons. The lowest BCUT2D eigenvalue weighted by molar-refractivity contribution is 0.0932. The normalized spacial score (nSPS) is 15.9. The first-order chi connectivity index (χ1) is 15.7. The fourth-order valence-electron chi connectivity index (χ4n) is 4.00. The third-order valence-electron chi connectivity index (χ3n) is 5.54. The number of carbonyl (C=O) groups excluding carboxylic acids is 1.